The highest BCUT2D eigenvalue weighted by molar-refractivity contribution is 6.46. The number of hydrogen-bond donors (Lipinski definition) is 1. The first-order chi connectivity index (χ1) is 18.8. The lowest BCUT2D eigenvalue weighted by Crippen LogP contribution is -2.32. The zero-order valence-electron chi connectivity index (χ0n) is 22.7. The first kappa shape index (κ1) is 27.7. The van der Waals surface area contributed by atoms with Gasteiger partial charge in [0.1, 0.15) is 18.1 Å². The van der Waals surface area contributed by atoms with E-state index in [0.29, 0.717) is 47.9 Å². The molecule has 3 aromatic carbocycles. The number of rotatable bonds is 11. The number of aliphatic hydroxyl groups excluding tert-OH is 1. The van der Waals surface area contributed by atoms with Crippen LogP contribution < -0.4 is 14.2 Å². The van der Waals surface area contributed by atoms with Crippen LogP contribution in [0.2, 0.25) is 0 Å². The number of hydrogen-bond acceptors (Lipinski definition) is 7. The second-order valence-corrected chi connectivity index (χ2v) is 9.56. The van der Waals surface area contributed by atoms with Crippen molar-refractivity contribution in [2.24, 2.45) is 0 Å². The van der Waals surface area contributed by atoms with Crippen LogP contribution in [-0.4, -0.2) is 68.0 Å². The molecule has 1 amide bonds. The molecule has 1 unspecified atom stereocenters. The van der Waals surface area contributed by atoms with Crippen LogP contribution in [0.3, 0.4) is 0 Å². The zero-order chi connectivity index (χ0) is 27.9. The van der Waals surface area contributed by atoms with Gasteiger partial charge in [0, 0.05) is 12.1 Å². The quantitative estimate of drug-likeness (QED) is 0.219. The lowest BCUT2D eigenvalue weighted by atomic mass is 9.95. The van der Waals surface area contributed by atoms with E-state index in [1.165, 1.54) is 19.1 Å². The predicted molar refractivity (Wildman–Crippen MR) is 149 cm³/mol. The van der Waals surface area contributed by atoms with E-state index in [9.17, 15) is 14.7 Å². The Morgan fingerprint density at radius 1 is 0.923 bits per heavy atom. The minimum atomic E-state index is -0.777. The SMILES string of the molecule is COc1ccc(C2/C(=C(\O)c3ccc(OCc4ccccc4)cc3)C(=O)C(=O)N2CCCN(C)C)cc1OC. The van der Waals surface area contributed by atoms with Crippen LogP contribution >= 0.6 is 0 Å². The van der Waals surface area contributed by atoms with Gasteiger partial charge in [-0.1, -0.05) is 36.4 Å². The van der Waals surface area contributed by atoms with Crippen LogP contribution in [0.1, 0.15) is 29.2 Å². The molecule has 1 saturated heterocycles. The Labute approximate surface area is 229 Å². The van der Waals surface area contributed by atoms with Gasteiger partial charge in [0.2, 0.25) is 0 Å². The summed E-state index contributed by atoms with van der Waals surface area (Å²) in [6.07, 6.45) is 0.664. The van der Waals surface area contributed by atoms with Gasteiger partial charge in [-0.05, 0) is 74.6 Å². The number of carbonyl (C=O) groups excluding carboxylic acids is 2. The Morgan fingerprint density at radius 2 is 1.62 bits per heavy atom. The van der Waals surface area contributed by atoms with Gasteiger partial charge in [-0.15, -0.1) is 0 Å². The molecule has 0 bridgehead atoms. The van der Waals surface area contributed by atoms with E-state index in [2.05, 4.69) is 0 Å². The Hall–Kier alpha value is -4.30. The summed E-state index contributed by atoms with van der Waals surface area (Å²) in [5.41, 5.74) is 2.13. The fraction of sp³-hybridized carbons (Fsp3) is 0.290. The lowest BCUT2D eigenvalue weighted by molar-refractivity contribution is -0.139. The van der Waals surface area contributed by atoms with Crippen LogP contribution in [0.5, 0.6) is 17.2 Å². The van der Waals surface area contributed by atoms with Crippen molar-refractivity contribution in [3.63, 3.8) is 0 Å². The number of aliphatic hydroxyl groups is 1. The standard InChI is InChI=1S/C31H34N2O6/c1-32(2)17-8-18-33-28(23-13-16-25(37-3)26(19-23)38-4)27(30(35)31(33)36)29(34)22-11-14-24(15-12-22)39-20-21-9-6-5-7-10-21/h5-7,9-16,19,28,34H,8,17-18,20H2,1-4H3/b29-27+. The molecule has 0 radical (unpaired) electrons. The van der Waals surface area contributed by atoms with Gasteiger partial charge < -0.3 is 29.1 Å². The molecular formula is C31H34N2O6. The third kappa shape index (κ3) is 6.23. The van der Waals surface area contributed by atoms with E-state index in [1.807, 2.05) is 49.3 Å². The highest BCUT2D eigenvalue weighted by atomic mass is 16.5. The van der Waals surface area contributed by atoms with Crippen molar-refractivity contribution in [1.29, 1.82) is 0 Å². The molecule has 8 heteroatoms. The highest BCUT2D eigenvalue weighted by Gasteiger charge is 2.46. The Bertz CT molecular complexity index is 1330. The van der Waals surface area contributed by atoms with E-state index < -0.39 is 17.7 Å². The minimum absolute atomic E-state index is 0.0371. The van der Waals surface area contributed by atoms with E-state index in [0.717, 1.165) is 12.1 Å². The first-order valence-electron chi connectivity index (χ1n) is 12.8. The summed E-state index contributed by atoms with van der Waals surface area (Å²) in [4.78, 5) is 30.1. The molecule has 39 heavy (non-hydrogen) atoms. The van der Waals surface area contributed by atoms with Gasteiger partial charge in [-0.25, -0.2) is 0 Å². The van der Waals surface area contributed by atoms with Gasteiger partial charge in [0.15, 0.2) is 11.5 Å². The predicted octanol–water partition coefficient (Wildman–Crippen LogP) is 4.66. The second kappa shape index (κ2) is 12.5. The minimum Gasteiger partial charge on any atom is -0.507 e. The van der Waals surface area contributed by atoms with Crippen molar-refractivity contribution >= 4 is 17.4 Å². The maximum atomic E-state index is 13.3. The first-order valence-corrected chi connectivity index (χ1v) is 12.8. The van der Waals surface area contributed by atoms with Crippen LogP contribution in [0, 0.1) is 0 Å². The summed E-state index contributed by atoms with van der Waals surface area (Å²) in [7, 11) is 6.97. The summed E-state index contributed by atoms with van der Waals surface area (Å²) in [6.45, 7) is 1.50. The summed E-state index contributed by atoms with van der Waals surface area (Å²) < 4.78 is 16.7. The summed E-state index contributed by atoms with van der Waals surface area (Å²) in [6, 6.07) is 21.1. The molecule has 1 atom stereocenters. The number of methoxy groups -OCH3 is 2. The normalized spacial score (nSPS) is 16.5. The molecule has 3 aromatic rings. The van der Waals surface area contributed by atoms with Gasteiger partial charge in [-0.2, -0.15) is 0 Å². The molecule has 1 heterocycles. The number of carbonyl (C=O) groups is 2. The number of ketones is 1. The van der Waals surface area contributed by atoms with Crippen LogP contribution in [0.4, 0.5) is 0 Å². The summed E-state index contributed by atoms with van der Waals surface area (Å²) >= 11 is 0. The van der Waals surface area contributed by atoms with Crippen molar-refractivity contribution in [2.75, 3.05) is 41.4 Å². The molecule has 0 saturated carbocycles. The van der Waals surface area contributed by atoms with E-state index >= 15 is 0 Å². The van der Waals surface area contributed by atoms with E-state index in [1.54, 1.807) is 42.5 Å². The van der Waals surface area contributed by atoms with Gasteiger partial charge in [-0.3, -0.25) is 9.59 Å². The molecule has 1 aliphatic heterocycles. The van der Waals surface area contributed by atoms with E-state index in [-0.39, 0.29) is 11.3 Å². The maximum Gasteiger partial charge on any atom is 0.295 e. The number of likely N-dealkylation sites (tertiary alicyclic amines) is 1. The van der Waals surface area contributed by atoms with Gasteiger partial charge >= 0.3 is 0 Å². The average Bonchev–Trinajstić information content (AvgIpc) is 3.21. The summed E-state index contributed by atoms with van der Waals surface area (Å²) in [5, 5.41) is 11.4. The van der Waals surface area contributed by atoms with Crippen molar-refractivity contribution in [3.8, 4) is 17.2 Å². The van der Waals surface area contributed by atoms with Crippen LogP contribution in [-0.2, 0) is 16.2 Å². The molecule has 1 aliphatic rings. The second-order valence-electron chi connectivity index (χ2n) is 9.56. The number of benzene rings is 3. The zero-order valence-corrected chi connectivity index (χ0v) is 22.7. The van der Waals surface area contributed by atoms with Gasteiger partial charge in [0.05, 0.1) is 25.8 Å². The van der Waals surface area contributed by atoms with Crippen molar-refractivity contribution in [2.45, 2.75) is 19.1 Å². The number of nitrogens with zero attached hydrogens (tertiary/aromatic N) is 2. The molecule has 0 spiro atoms. The lowest BCUT2D eigenvalue weighted by Gasteiger charge is -2.26. The summed E-state index contributed by atoms with van der Waals surface area (Å²) in [5.74, 6) is 0.0129. The number of Topliss-reactive ketones (excluding diaryl/α,β-unsaturated/α-hetero) is 1. The highest BCUT2D eigenvalue weighted by Crippen LogP contribution is 2.42. The Kier molecular flexibility index (Phi) is 8.88. The smallest absolute Gasteiger partial charge is 0.295 e. The fourth-order valence-electron chi connectivity index (χ4n) is 4.64. The van der Waals surface area contributed by atoms with Crippen molar-refractivity contribution in [3.05, 3.63) is 95.1 Å². The fourth-order valence-corrected chi connectivity index (χ4v) is 4.64. The molecule has 1 fully saturated rings. The average molecular weight is 531 g/mol. The molecule has 204 valence electrons. The van der Waals surface area contributed by atoms with Crippen LogP contribution in [0.25, 0.3) is 5.76 Å². The van der Waals surface area contributed by atoms with Crippen molar-refractivity contribution in [1.82, 2.24) is 9.80 Å². The number of ether oxygens (including phenoxy) is 3. The molecular weight excluding hydrogens is 496 g/mol. The molecule has 1 N–H and O–H groups in total. The monoisotopic (exact) mass is 530 g/mol. The molecule has 0 aromatic heterocycles. The Morgan fingerprint density at radius 3 is 2.26 bits per heavy atom. The maximum absolute atomic E-state index is 13.3. The number of amides is 1. The topological polar surface area (TPSA) is 88.5 Å². The van der Waals surface area contributed by atoms with E-state index in [4.69, 9.17) is 14.2 Å². The third-order valence-electron chi connectivity index (χ3n) is 6.64. The van der Waals surface area contributed by atoms with Gasteiger partial charge in [0.25, 0.3) is 11.7 Å². The molecule has 4 rings (SSSR count). The Balaban J connectivity index is 1.68. The molecule has 8 nitrogen and oxygen atoms in total. The third-order valence-corrected chi connectivity index (χ3v) is 6.64. The molecule has 0 aliphatic carbocycles. The largest absolute Gasteiger partial charge is 0.507 e. The van der Waals surface area contributed by atoms with Crippen LogP contribution in [0.15, 0.2) is 78.4 Å². The van der Waals surface area contributed by atoms with Crippen molar-refractivity contribution < 1.29 is 28.9 Å².